The van der Waals surface area contributed by atoms with Crippen molar-refractivity contribution >= 4 is 10.0 Å². The Bertz CT molecular complexity index is 1050. The normalized spacial score (nSPS) is 18.1. The highest BCUT2D eigenvalue weighted by molar-refractivity contribution is 7.89. The van der Waals surface area contributed by atoms with Crippen LogP contribution in [-0.4, -0.2) is 42.0 Å². The molecule has 2 aliphatic rings. The van der Waals surface area contributed by atoms with Gasteiger partial charge in [0.2, 0.25) is 10.0 Å². The van der Waals surface area contributed by atoms with Crippen LogP contribution < -0.4 is 10.3 Å². The van der Waals surface area contributed by atoms with Gasteiger partial charge in [0, 0.05) is 37.3 Å². The van der Waals surface area contributed by atoms with Gasteiger partial charge < -0.3 is 4.74 Å². The first-order valence-electron chi connectivity index (χ1n) is 9.65. The molecule has 0 atom stereocenters. The zero-order valence-corrected chi connectivity index (χ0v) is 17.0. The van der Waals surface area contributed by atoms with E-state index in [1.165, 1.54) is 0 Å². The van der Waals surface area contributed by atoms with Gasteiger partial charge in [-0.25, -0.2) is 13.4 Å². The van der Waals surface area contributed by atoms with E-state index in [0.29, 0.717) is 36.7 Å². The minimum atomic E-state index is -3.50. The van der Waals surface area contributed by atoms with Crippen molar-refractivity contribution in [2.75, 3.05) is 19.7 Å². The first kappa shape index (κ1) is 19.1. The summed E-state index contributed by atoms with van der Waals surface area (Å²) in [5.74, 6) is 1.05. The van der Waals surface area contributed by atoms with Crippen LogP contribution in [0, 0.1) is 19.8 Å². The highest BCUT2D eigenvalue weighted by Crippen LogP contribution is 2.30. The lowest BCUT2D eigenvalue weighted by Crippen LogP contribution is -2.40. The van der Waals surface area contributed by atoms with Gasteiger partial charge >= 0.3 is 0 Å². The molecule has 3 heterocycles. The number of piperidine rings is 1. The molecule has 0 amide bonds. The molecule has 0 aliphatic carbocycles. The zero-order chi connectivity index (χ0) is 19.9. The minimum absolute atomic E-state index is 0.0112. The number of ether oxygens (including phenoxy) is 1. The summed E-state index contributed by atoms with van der Waals surface area (Å²) in [5, 5.41) is 0. The second-order valence-corrected chi connectivity index (χ2v) is 9.57. The molecule has 7 nitrogen and oxygen atoms in total. The van der Waals surface area contributed by atoms with Gasteiger partial charge in [-0.3, -0.25) is 9.36 Å². The van der Waals surface area contributed by atoms with E-state index in [0.717, 1.165) is 36.3 Å². The first-order valence-corrected chi connectivity index (χ1v) is 11.1. The molecule has 0 radical (unpaired) electrons. The third kappa shape index (κ3) is 3.46. The Kier molecular flexibility index (Phi) is 5.01. The van der Waals surface area contributed by atoms with E-state index in [4.69, 9.17) is 4.74 Å². The molecule has 28 heavy (non-hydrogen) atoms. The van der Waals surface area contributed by atoms with Crippen LogP contribution in [0.3, 0.4) is 0 Å². The fraction of sp³-hybridized carbons (Fsp3) is 0.500. The Hall–Kier alpha value is -2.19. The van der Waals surface area contributed by atoms with Gasteiger partial charge in [-0.15, -0.1) is 0 Å². The van der Waals surface area contributed by atoms with Crippen molar-refractivity contribution in [3.8, 4) is 5.75 Å². The predicted octanol–water partition coefficient (Wildman–Crippen LogP) is 1.90. The van der Waals surface area contributed by atoms with Crippen molar-refractivity contribution in [3.63, 3.8) is 0 Å². The maximum absolute atomic E-state index is 13.0. The lowest BCUT2D eigenvalue weighted by Gasteiger charge is -2.31. The van der Waals surface area contributed by atoms with Crippen LogP contribution in [-0.2, 0) is 23.0 Å². The fourth-order valence-electron chi connectivity index (χ4n) is 3.89. The van der Waals surface area contributed by atoms with E-state index in [-0.39, 0.29) is 11.5 Å². The summed E-state index contributed by atoms with van der Waals surface area (Å²) >= 11 is 0. The Morgan fingerprint density at radius 1 is 1.21 bits per heavy atom. The summed E-state index contributed by atoms with van der Waals surface area (Å²) in [6.45, 7) is 5.74. The highest BCUT2D eigenvalue weighted by atomic mass is 32.2. The zero-order valence-electron chi connectivity index (χ0n) is 16.2. The molecule has 4 rings (SSSR count). The van der Waals surface area contributed by atoms with Crippen LogP contribution in [0.2, 0.25) is 0 Å². The number of fused-ring (bicyclic) bond motifs is 1. The SMILES string of the molecule is Cc1ncn(CC2CCN(S(=O)(=O)c3ccc4c(c3)CCO4)CC2)c(=O)c1C. The molecular weight excluding hydrogens is 378 g/mol. The molecule has 1 aromatic heterocycles. The van der Waals surface area contributed by atoms with Gasteiger partial charge in [0.05, 0.1) is 17.8 Å². The molecule has 2 aliphatic heterocycles. The smallest absolute Gasteiger partial charge is 0.256 e. The van der Waals surface area contributed by atoms with E-state index < -0.39 is 10.0 Å². The second kappa shape index (κ2) is 7.33. The summed E-state index contributed by atoms with van der Waals surface area (Å²) in [5.41, 5.74) is 2.37. The van der Waals surface area contributed by atoms with E-state index in [9.17, 15) is 13.2 Å². The topological polar surface area (TPSA) is 81.5 Å². The molecular formula is C20H25N3O4S. The van der Waals surface area contributed by atoms with E-state index in [1.807, 2.05) is 6.92 Å². The second-order valence-electron chi connectivity index (χ2n) is 7.63. The number of benzene rings is 1. The molecule has 1 aromatic carbocycles. The molecule has 1 fully saturated rings. The quantitative estimate of drug-likeness (QED) is 0.779. The van der Waals surface area contributed by atoms with Gasteiger partial charge in [0.15, 0.2) is 0 Å². The molecule has 0 N–H and O–H groups in total. The third-order valence-electron chi connectivity index (χ3n) is 5.84. The molecule has 0 spiro atoms. The molecule has 0 bridgehead atoms. The molecule has 0 saturated carbocycles. The number of sulfonamides is 1. The summed E-state index contributed by atoms with van der Waals surface area (Å²) < 4.78 is 34.7. The average molecular weight is 404 g/mol. The van der Waals surface area contributed by atoms with Gasteiger partial charge in [0.25, 0.3) is 5.56 Å². The van der Waals surface area contributed by atoms with Gasteiger partial charge in [-0.2, -0.15) is 4.31 Å². The Morgan fingerprint density at radius 2 is 1.96 bits per heavy atom. The summed E-state index contributed by atoms with van der Waals surface area (Å²) in [6, 6.07) is 5.12. The molecule has 150 valence electrons. The minimum Gasteiger partial charge on any atom is -0.493 e. The van der Waals surface area contributed by atoms with Crippen LogP contribution in [0.1, 0.15) is 29.7 Å². The van der Waals surface area contributed by atoms with Crippen LogP contribution in [0.4, 0.5) is 0 Å². The van der Waals surface area contributed by atoms with Crippen molar-refractivity contribution in [1.82, 2.24) is 13.9 Å². The maximum Gasteiger partial charge on any atom is 0.256 e. The predicted molar refractivity (Wildman–Crippen MR) is 105 cm³/mol. The van der Waals surface area contributed by atoms with Crippen LogP contribution in [0.15, 0.2) is 34.2 Å². The first-order chi connectivity index (χ1) is 13.4. The number of nitrogens with zero attached hydrogens (tertiary/aromatic N) is 3. The van der Waals surface area contributed by atoms with Gasteiger partial charge in [-0.05, 0) is 56.4 Å². The van der Waals surface area contributed by atoms with Crippen molar-refractivity contribution in [2.45, 2.75) is 44.6 Å². The molecule has 8 heteroatoms. The van der Waals surface area contributed by atoms with Crippen LogP contribution >= 0.6 is 0 Å². The average Bonchev–Trinajstić information content (AvgIpc) is 3.17. The number of aryl methyl sites for hydroxylation is 1. The van der Waals surface area contributed by atoms with Crippen molar-refractivity contribution in [1.29, 1.82) is 0 Å². The van der Waals surface area contributed by atoms with Crippen LogP contribution in [0.5, 0.6) is 5.75 Å². The maximum atomic E-state index is 13.0. The lowest BCUT2D eigenvalue weighted by atomic mass is 9.98. The number of hydrogen-bond donors (Lipinski definition) is 0. The standard InChI is InChI=1S/C20H25N3O4S/c1-14-15(2)21-13-22(20(14)24)12-16-5-8-23(9-6-16)28(25,26)18-3-4-19-17(11-18)7-10-27-19/h3-4,11,13,16H,5-10,12H2,1-2H3. The van der Waals surface area contributed by atoms with Crippen molar-refractivity contribution in [2.24, 2.45) is 5.92 Å². The lowest BCUT2D eigenvalue weighted by molar-refractivity contribution is 0.250. The van der Waals surface area contributed by atoms with Gasteiger partial charge in [0.1, 0.15) is 5.75 Å². The molecule has 1 saturated heterocycles. The number of rotatable bonds is 4. The molecule has 0 unspecified atom stereocenters. The van der Waals surface area contributed by atoms with E-state index >= 15 is 0 Å². The largest absolute Gasteiger partial charge is 0.493 e. The summed E-state index contributed by atoms with van der Waals surface area (Å²) in [4.78, 5) is 17.0. The Labute approximate surface area is 165 Å². The number of aromatic nitrogens is 2. The molecule has 2 aromatic rings. The number of hydrogen-bond acceptors (Lipinski definition) is 5. The third-order valence-corrected chi connectivity index (χ3v) is 7.74. The Balaban J connectivity index is 1.44. The van der Waals surface area contributed by atoms with Crippen molar-refractivity contribution in [3.05, 3.63) is 51.7 Å². The summed E-state index contributed by atoms with van der Waals surface area (Å²) in [7, 11) is -3.50. The van der Waals surface area contributed by atoms with E-state index in [2.05, 4.69) is 4.98 Å². The Morgan fingerprint density at radius 3 is 2.71 bits per heavy atom. The highest BCUT2D eigenvalue weighted by Gasteiger charge is 2.30. The van der Waals surface area contributed by atoms with Crippen LogP contribution in [0.25, 0.3) is 0 Å². The van der Waals surface area contributed by atoms with E-state index in [1.54, 1.807) is 40.3 Å². The van der Waals surface area contributed by atoms with Crippen molar-refractivity contribution < 1.29 is 13.2 Å². The monoisotopic (exact) mass is 403 g/mol. The summed E-state index contributed by atoms with van der Waals surface area (Å²) in [6.07, 6.45) is 3.80. The fourth-order valence-corrected chi connectivity index (χ4v) is 5.41. The van der Waals surface area contributed by atoms with Gasteiger partial charge in [-0.1, -0.05) is 0 Å².